The summed E-state index contributed by atoms with van der Waals surface area (Å²) in [6.45, 7) is 7.94. The fourth-order valence-electron chi connectivity index (χ4n) is 0.867. The molecule has 0 radical (unpaired) electrons. The van der Waals surface area contributed by atoms with Gasteiger partial charge in [0, 0.05) is 5.56 Å². The number of rotatable bonds is 3. The van der Waals surface area contributed by atoms with E-state index in [-0.39, 0.29) is 5.69 Å². The van der Waals surface area contributed by atoms with Crippen LogP contribution in [0.2, 0.25) is 0 Å². The number of hydrogen-bond acceptors (Lipinski definition) is 3. The molecule has 0 aliphatic carbocycles. The summed E-state index contributed by atoms with van der Waals surface area (Å²) in [5.41, 5.74) is 0.614. The molecule has 0 bridgehead atoms. The van der Waals surface area contributed by atoms with Gasteiger partial charge in [-0.25, -0.2) is 4.79 Å². The topological polar surface area (TPSA) is 75.2 Å². The van der Waals surface area contributed by atoms with Crippen molar-refractivity contribution in [3.63, 3.8) is 0 Å². The van der Waals surface area contributed by atoms with Crippen LogP contribution in [0, 0.1) is 6.92 Å². The van der Waals surface area contributed by atoms with Crippen LogP contribution in [-0.2, 0) is 0 Å². The van der Waals surface area contributed by atoms with Gasteiger partial charge in [0.15, 0.2) is 0 Å². The van der Waals surface area contributed by atoms with Crippen LogP contribution in [0.4, 0.5) is 0 Å². The predicted molar refractivity (Wildman–Crippen MR) is 52.8 cm³/mol. The summed E-state index contributed by atoms with van der Waals surface area (Å²) >= 11 is 0. The highest BCUT2D eigenvalue weighted by molar-refractivity contribution is 5.87. The Balaban J connectivity index is 0.000000791. The van der Waals surface area contributed by atoms with Gasteiger partial charge in [0.05, 0.1) is 6.61 Å². The van der Waals surface area contributed by atoms with Gasteiger partial charge in [-0.05, 0) is 13.8 Å². The zero-order chi connectivity index (χ0) is 11.1. The molecule has 0 aliphatic heterocycles. The molecule has 1 heterocycles. The van der Waals surface area contributed by atoms with Gasteiger partial charge in [0.1, 0.15) is 5.69 Å². The number of carbonyl (C=O) groups is 1. The third-order valence-electron chi connectivity index (χ3n) is 1.46. The van der Waals surface area contributed by atoms with Crippen molar-refractivity contribution < 1.29 is 14.6 Å². The molecule has 1 rings (SSSR count). The van der Waals surface area contributed by atoms with Gasteiger partial charge in [-0.15, -0.1) is 5.10 Å². The molecule has 80 valence electrons. The Labute approximate surface area is 83.1 Å². The van der Waals surface area contributed by atoms with Crippen LogP contribution in [0.3, 0.4) is 0 Å². The van der Waals surface area contributed by atoms with Crippen molar-refractivity contribution in [2.24, 2.45) is 0 Å². The quantitative estimate of drug-likeness (QED) is 0.780. The summed E-state index contributed by atoms with van der Waals surface area (Å²) in [6, 6.07) is 0. The van der Waals surface area contributed by atoms with E-state index in [0.29, 0.717) is 18.1 Å². The van der Waals surface area contributed by atoms with E-state index in [1.807, 2.05) is 20.8 Å². The van der Waals surface area contributed by atoms with Crippen molar-refractivity contribution in [3.8, 4) is 5.88 Å². The zero-order valence-electron chi connectivity index (χ0n) is 8.92. The minimum atomic E-state index is -1.02. The summed E-state index contributed by atoms with van der Waals surface area (Å²) in [5, 5.41) is 14.7. The number of aromatic nitrogens is 2. The molecule has 0 saturated carbocycles. The smallest absolute Gasteiger partial charge is 0.354 e. The Morgan fingerprint density at radius 3 is 2.50 bits per heavy atom. The second-order valence-corrected chi connectivity index (χ2v) is 2.27. The Hall–Kier alpha value is -1.52. The number of hydrogen-bond donors (Lipinski definition) is 2. The van der Waals surface area contributed by atoms with Crippen LogP contribution >= 0.6 is 0 Å². The Bertz CT molecular complexity index is 294. The lowest BCUT2D eigenvalue weighted by atomic mass is 10.3. The van der Waals surface area contributed by atoms with Gasteiger partial charge in [-0.2, -0.15) is 0 Å². The first-order valence-electron chi connectivity index (χ1n) is 4.57. The van der Waals surface area contributed by atoms with Crippen molar-refractivity contribution in [3.05, 3.63) is 11.3 Å². The molecule has 5 heteroatoms. The normalized spacial score (nSPS) is 8.86. The Morgan fingerprint density at radius 2 is 2.14 bits per heavy atom. The van der Waals surface area contributed by atoms with Crippen molar-refractivity contribution in [2.75, 3.05) is 6.61 Å². The van der Waals surface area contributed by atoms with Crippen LogP contribution in [0.25, 0.3) is 0 Å². The number of aromatic carboxylic acids is 1. The molecule has 2 N–H and O–H groups in total. The number of ether oxygens (including phenoxy) is 1. The maximum atomic E-state index is 10.5. The first-order valence-corrected chi connectivity index (χ1v) is 4.57. The van der Waals surface area contributed by atoms with E-state index in [1.165, 1.54) is 0 Å². The number of aromatic amines is 1. The van der Waals surface area contributed by atoms with Gasteiger partial charge in [0.25, 0.3) is 0 Å². The molecule has 1 aromatic heterocycles. The lowest BCUT2D eigenvalue weighted by molar-refractivity contribution is 0.0689. The molecule has 0 atom stereocenters. The molecular formula is C9H16N2O3. The van der Waals surface area contributed by atoms with Crippen molar-refractivity contribution in [1.82, 2.24) is 10.2 Å². The second kappa shape index (κ2) is 6.01. The predicted octanol–water partition coefficient (Wildman–Crippen LogP) is 1.84. The van der Waals surface area contributed by atoms with E-state index in [1.54, 1.807) is 6.92 Å². The molecule has 0 amide bonds. The van der Waals surface area contributed by atoms with Gasteiger partial charge in [0.2, 0.25) is 5.88 Å². The van der Waals surface area contributed by atoms with Crippen molar-refractivity contribution in [2.45, 2.75) is 27.7 Å². The average molecular weight is 200 g/mol. The van der Waals surface area contributed by atoms with Gasteiger partial charge >= 0.3 is 5.97 Å². The summed E-state index contributed by atoms with van der Waals surface area (Å²) in [6.07, 6.45) is 0. The molecule has 1 aromatic rings. The Morgan fingerprint density at radius 1 is 1.57 bits per heavy atom. The van der Waals surface area contributed by atoms with Crippen LogP contribution < -0.4 is 4.74 Å². The molecule has 0 saturated heterocycles. The first-order chi connectivity index (χ1) is 6.66. The summed E-state index contributed by atoms with van der Waals surface area (Å²) in [4.78, 5) is 10.5. The first kappa shape index (κ1) is 12.5. The van der Waals surface area contributed by atoms with Gasteiger partial charge < -0.3 is 9.84 Å². The van der Waals surface area contributed by atoms with E-state index in [0.717, 1.165) is 0 Å². The molecular weight excluding hydrogens is 184 g/mol. The van der Waals surface area contributed by atoms with Gasteiger partial charge in [-0.1, -0.05) is 13.8 Å². The van der Waals surface area contributed by atoms with Crippen molar-refractivity contribution in [1.29, 1.82) is 0 Å². The van der Waals surface area contributed by atoms with Crippen LogP contribution in [0.1, 0.15) is 36.8 Å². The minimum absolute atomic E-state index is 0.0819. The van der Waals surface area contributed by atoms with Gasteiger partial charge in [-0.3, -0.25) is 5.10 Å². The summed E-state index contributed by atoms with van der Waals surface area (Å²) < 4.78 is 5.06. The molecule has 14 heavy (non-hydrogen) atoms. The highest BCUT2D eigenvalue weighted by atomic mass is 16.5. The lowest BCUT2D eigenvalue weighted by Gasteiger charge is -1.97. The molecule has 0 aromatic carbocycles. The van der Waals surface area contributed by atoms with Crippen molar-refractivity contribution >= 4 is 5.97 Å². The zero-order valence-corrected chi connectivity index (χ0v) is 8.92. The number of carboxylic acid groups (broad SMARTS) is 1. The highest BCUT2D eigenvalue weighted by Gasteiger charge is 2.14. The van der Waals surface area contributed by atoms with Crippen LogP contribution in [0.15, 0.2) is 0 Å². The number of nitrogens with one attached hydrogen (secondary N) is 1. The highest BCUT2D eigenvalue weighted by Crippen LogP contribution is 2.16. The average Bonchev–Trinajstić information content (AvgIpc) is 2.52. The van der Waals surface area contributed by atoms with E-state index in [9.17, 15) is 4.79 Å². The third-order valence-corrected chi connectivity index (χ3v) is 1.46. The van der Waals surface area contributed by atoms with E-state index >= 15 is 0 Å². The monoisotopic (exact) mass is 200 g/mol. The largest absolute Gasteiger partial charge is 0.477 e. The molecule has 0 aliphatic rings. The second-order valence-electron chi connectivity index (χ2n) is 2.27. The molecule has 0 spiro atoms. The molecule has 0 fully saturated rings. The SMILES string of the molecule is CC.CCOc1n[nH]c(C(=O)O)c1C. The molecule has 0 unspecified atom stereocenters. The number of H-pyrrole nitrogens is 1. The standard InChI is InChI=1S/C7H10N2O3.C2H6/c1-3-12-6-4(2)5(7(10)11)8-9-6;1-2/h3H2,1-2H3,(H,8,9)(H,10,11);1-2H3. The summed E-state index contributed by atoms with van der Waals surface area (Å²) in [7, 11) is 0. The number of carboxylic acids is 1. The minimum Gasteiger partial charge on any atom is -0.477 e. The molecule has 5 nitrogen and oxygen atoms in total. The summed E-state index contributed by atoms with van der Waals surface area (Å²) in [5.74, 6) is -0.666. The van der Waals surface area contributed by atoms with E-state index in [4.69, 9.17) is 9.84 Å². The lowest BCUT2D eigenvalue weighted by Crippen LogP contribution is -1.99. The maximum Gasteiger partial charge on any atom is 0.354 e. The maximum absolute atomic E-state index is 10.5. The fourth-order valence-corrected chi connectivity index (χ4v) is 0.867. The fraction of sp³-hybridized carbons (Fsp3) is 0.556. The Kier molecular flexibility index (Phi) is 5.36. The number of nitrogens with zero attached hydrogens (tertiary/aromatic N) is 1. The van der Waals surface area contributed by atoms with E-state index < -0.39 is 5.97 Å². The third kappa shape index (κ3) is 2.76. The van der Waals surface area contributed by atoms with Crippen LogP contribution in [-0.4, -0.2) is 27.9 Å². The van der Waals surface area contributed by atoms with E-state index in [2.05, 4.69) is 10.2 Å². The van der Waals surface area contributed by atoms with Crippen LogP contribution in [0.5, 0.6) is 5.88 Å².